The molecule has 0 aliphatic rings. The van der Waals surface area contributed by atoms with Gasteiger partial charge in [-0.1, -0.05) is 11.6 Å². The van der Waals surface area contributed by atoms with E-state index in [9.17, 15) is 4.39 Å². The first-order valence-electron chi connectivity index (χ1n) is 8.06. The predicted octanol–water partition coefficient (Wildman–Crippen LogP) is 3.91. The molecule has 0 unspecified atom stereocenters. The van der Waals surface area contributed by atoms with Crippen LogP contribution in [0.2, 0.25) is 5.02 Å². The van der Waals surface area contributed by atoms with Crippen molar-refractivity contribution in [3.8, 4) is 11.5 Å². The van der Waals surface area contributed by atoms with Gasteiger partial charge in [-0.05, 0) is 42.5 Å². The molecule has 3 rings (SSSR count). The van der Waals surface area contributed by atoms with E-state index in [1.54, 1.807) is 7.11 Å². The highest BCUT2D eigenvalue weighted by atomic mass is 35.5. The number of nitrogens with one attached hydrogen (secondary N) is 2. The quantitative estimate of drug-likeness (QED) is 0.565. The van der Waals surface area contributed by atoms with Gasteiger partial charge in [-0.25, -0.2) is 4.39 Å². The molecule has 0 amide bonds. The summed E-state index contributed by atoms with van der Waals surface area (Å²) in [6, 6.07) is 11.6. The maximum Gasteiger partial charge on any atom is 0.249 e. The number of nitrogens with zero attached hydrogens (tertiary/aromatic N) is 3. The van der Waals surface area contributed by atoms with Crippen molar-refractivity contribution in [1.29, 1.82) is 0 Å². The number of hydrogen-bond donors (Lipinski definition) is 2. The predicted molar refractivity (Wildman–Crippen MR) is 101 cm³/mol. The molecule has 2 N–H and O–H groups in total. The Labute approximate surface area is 160 Å². The number of aromatic nitrogens is 3. The highest BCUT2D eigenvalue weighted by molar-refractivity contribution is 6.31. The molecule has 0 spiro atoms. The SMILES string of the molecule is COc1ccc(OCCNc2cnnc(Nc3ccc(F)c(Cl)c3)n2)cc1. The van der Waals surface area contributed by atoms with Crippen LogP contribution in [0.4, 0.5) is 21.8 Å². The Morgan fingerprint density at radius 3 is 2.63 bits per heavy atom. The van der Waals surface area contributed by atoms with Gasteiger partial charge in [0, 0.05) is 5.69 Å². The number of methoxy groups -OCH3 is 1. The van der Waals surface area contributed by atoms with Crippen molar-refractivity contribution in [2.45, 2.75) is 0 Å². The van der Waals surface area contributed by atoms with Gasteiger partial charge in [0.1, 0.15) is 23.9 Å². The van der Waals surface area contributed by atoms with Crippen LogP contribution < -0.4 is 20.1 Å². The van der Waals surface area contributed by atoms with Crippen molar-refractivity contribution in [3.05, 3.63) is 59.5 Å². The molecule has 0 aliphatic heterocycles. The van der Waals surface area contributed by atoms with E-state index in [4.69, 9.17) is 21.1 Å². The number of anilines is 3. The average molecular weight is 390 g/mol. The largest absolute Gasteiger partial charge is 0.497 e. The highest BCUT2D eigenvalue weighted by Gasteiger charge is 2.04. The van der Waals surface area contributed by atoms with E-state index < -0.39 is 5.82 Å². The number of halogens is 2. The second-order valence-electron chi connectivity index (χ2n) is 5.37. The van der Waals surface area contributed by atoms with E-state index in [1.165, 1.54) is 24.4 Å². The lowest BCUT2D eigenvalue weighted by Gasteiger charge is -2.09. The molecule has 0 atom stereocenters. The fraction of sp³-hybridized carbons (Fsp3) is 0.167. The molecule has 2 aromatic carbocycles. The first kappa shape index (κ1) is 18.7. The minimum absolute atomic E-state index is 0.0120. The van der Waals surface area contributed by atoms with E-state index in [2.05, 4.69) is 25.8 Å². The molecule has 1 heterocycles. The number of hydrogen-bond acceptors (Lipinski definition) is 7. The van der Waals surface area contributed by atoms with E-state index in [0.29, 0.717) is 24.7 Å². The Balaban J connectivity index is 1.50. The third-order valence-corrected chi connectivity index (χ3v) is 3.76. The van der Waals surface area contributed by atoms with Crippen LogP contribution in [-0.4, -0.2) is 35.4 Å². The van der Waals surface area contributed by atoms with E-state index in [1.807, 2.05) is 24.3 Å². The van der Waals surface area contributed by atoms with Gasteiger partial charge in [-0.3, -0.25) is 0 Å². The topological polar surface area (TPSA) is 81.2 Å². The van der Waals surface area contributed by atoms with E-state index >= 15 is 0 Å². The zero-order valence-corrected chi connectivity index (χ0v) is 15.2. The molecule has 27 heavy (non-hydrogen) atoms. The first-order chi connectivity index (χ1) is 13.1. The van der Waals surface area contributed by atoms with Gasteiger partial charge < -0.3 is 20.1 Å². The third kappa shape index (κ3) is 5.42. The standard InChI is InChI=1S/C18H17ClFN5O2/c1-26-13-3-5-14(6-4-13)27-9-8-21-17-11-22-25-18(24-17)23-12-2-7-16(20)15(19)10-12/h2-7,10-11H,8-9H2,1H3,(H2,21,23,24,25). The second kappa shape index (κ2) is 9.00. The maximum absolute atomic E-state index is 13.2. The van der Waals surface area contributed by atoms with Crippen LogP contribution in [0, 0.1) is 5.82 Å². The lowest BCUT2D eigenvalue weighted by atomic mass is 10.3. The Kier molecular flexibility index (Phi) is 6.22. The molecule has 140 valence electrons. The number of ether oxygens (including phenoxy) is 2. The molecule has 1 aromatic heterocycles. The fourth-order valence-corrected chi connectivity index (χ4v) is 2.35. The second-order valence-corrected chi connectivity index (χ2v) is 5.78. The fourth-order valence-electron chi connectivity index (χ4n) is 2.16. The summed E-state index contributed by atoms with van der Waals surface area (Å²) in [5.41, 5.74) is 0.559. The normalized spacial score (nSPS) is 10.3. The molecule has 0 saturated heterocycles. The summed E-state index contributed by atoms with van der Waals surface area (Å²) in [4.78, 5) is 4.28. The summed E-state index contributed by atoms with van der Waals surface area (Å²) in [6.07, 6.45) is 1.50. The lowest BCUT2D eigenvalue weighted by molar-refractivity contribution is 0.331. The van der Waals surface area contributed by atoms with Crippen molar-refractivity contribution in [1.82, 2.24) is 15.2 Å². The smallest absolute Gasteiger partial charge is 0.249 e. The van der Waals surface area contributed by atoms with Gasteiger partial charge in [0.05, 0.1) is 24.9 Å². The van der Waals surface area contributed by atoms with E-state index in [-0.39, 0.29) is 11.0 Å². The molecule has 7 nitrogen and oxygen atoms in total. The van der Waals surface area contributed by atoms with Gasteiger partial charge in [0.15, 0.2) is 5.82 Å². The van der Waals surface area contributed by atoms with Gasteiger partial charge in [-0.15, -0.1) is 5.10 Å². The molecule has 0 bridgehead atoms. The Morgan fingerprint density at radius 1 is 1.11 bits per heavy atom. The van der Waals surface area contributed by atoms with Crippen LogP contribution in [0.25, 0.3) is 0 Å². The summed E-state index contributed by atoms with van der Waals surface area (Å²) in [5.74, 6) is 1.82. The van der Waals surface area contributed by atoms with Gasteiger partial charge in [0.25, 0.3) is 0 Å². The molecule has 3 aromatic rings. The molecule has 0 saturated carbocycles. The maximum atomic E-state index is 13.2. The zero-order valence-electron chi connectivity index (χ0n) is 14.4. The lowest BCUT2D eigenvalue weighted by Crippen LogP contribution is -2.13. The Bertz CT molecular complexity index is 895. The van der Waals surface area contributed by atoms with Crippen molar-refractivity contribution in [2.75, 3.05) is 30.9 Å². The highest BCUT2D eigenvalue weighted by Crippen LogP contribution is 2.21. The van der Waals surface area contributed by atoms with Crippen LogP contribution in [0.3, 0.4) is 0 Å². The first-order valence-corrected chi connectivity index (χ1v) is 8.44. The van der Waals surface area contributed by atoms with Crippen molar-refractivity contribution in [3.63, 3.8) is 0 Å². The van der Waals surface area contributed by atoms with Gasteiger partial charge in [-0.2, -0.15) is 10.1 Å². The van der Waals surface area contributed by atoms with Crippen molar-refractivity contribution < 1.29 is 13.9 Å². The summed E-state index contributed by atoms with van der Waals surface area (Å²) in [5, 5.41) is 13.8. The average Bonchev–Trinajstić information content (AvgIpc) is 2.69. The molecule has 9 heteroatoms. The van der Waals surface area contributed by atoms with Crippen LogP contribution in [-0.2, 0) is 0 Å². The minimum atomic E-state index is -0.492. The summed E-state index contributed by atoms with van der Waals surface area (Å²) < 4.78 is 23.9. The molecule has 0 radical (unpaired) electrons. The monoisotopic (exact) mass is 389 g/mol. The van der Waals surface area contributed by atoms with Crippen LogP contribution >= 0.6 is 11.6 Å². The molecular weight excluding hydrogens is 373 g/mol. The Morgan fingerprint density at radius 2 is 1.89 bits per heavy atom. The van der Waals surface area contributed by atoms with Gasteiger partial charge >= 0.3 is 0 Å². The molecular formula is C18H17ClFN5O2. The number of benzene rings is 2. The molecule has 0 fully saturated rings. The van der Waals surface area contributed by atoms with E-state index in [0.717, 1.165) is 11.5 Å². The van der Waals surface area contributed by atoms with Crippen LogP contribution in [0.15, 0.2) is 48.7 Å². The summed E-state index contributed by atoms with van der Waals surface area (Å²) >= 11 is 5.76. The molecule has 0 aliphatic carbocycles. The van der Waals surface area contributed by atoms with Crippen molar-refractivity contribution in [2.24, 2.45) is 0 Å². The van der Waals surface area contributed by atoms with Crippen LogP contribution in [0.5, 0.6) is 11.5 Å². The summed E-state index contributed by atoms with van der Waals surface area (Å²) in [7, 11) is 1.61. The van der Waals surface area contributed by atoms with Crippen LogP contribution in [0.1, 0.15) is 0 Å². The summed E-state index contributed by atoms with van der Waals surface area (Å²) in [6.45, 7) is 0.958. The zero-order chi connectivity index (χ0) is 19.1. The third-order valence-electron chi connectivity index (χ3n) is 3.47. The van der Waals surface area contributed by atoms with Crippen molar-refractivity contribution >= 4 is 29.1 Å². The van der Waals surface area contributed by atoms with Gasteiger partial charge in [0.2, 0.25) is 5.95 Å². The number of rotatable bonds is 8. The minimum Gasteiger partial charge on any atom is -0.497 e. The Hall–Kier alpha value is -3.13.